The number of hydrogen-bond donors (Lipinski definition) is 0. The average Bonchev–Trinajstić information content (AvgIpc) is 3.73. The van der Waals surface area contributed by atoms with Gasteiger partial charge in [0.05, 0.1) is 23.9 Å². The van der Waals surface area contributed by atoms with Crippen LogP contribution in [0.4, 0.5) is 0 Å². The summed E-state index contributed by atoms with van der Waals surface area (Å²) in [6, 6.07) is 7.88. The third-order valence-electron chi connectivity index (χ3n) is 7.41. The number of morpholine rings is 1. The summed E-state index contributed by atoms with van der Waals surface area (Å²) in [5.74, 6) is 4.49. The number of azo groups is 1. The Kier molecular flexibility index (Phi) is 27.6. The maximum absolute atomic E-state index is 10.6. The van der Waals surface area contributed by atoms with Crippen molar-refractivity contribution in [3.63, 3.8) is 0 Å². The minimum absolute atomic E-state index is 0. The van der Waals surface area contributed by atoms with Crippen LogP contribution in [0.1, 0.15) is 111 Å². The quantitative estimate of drug-likeness (QED) is 0.144. The minimum Gasteiger partial charge on any atom is -0.619 e. The van der Waals surface area contributed by atoms with E-state index in [1.54, 1.807) is 11.3 Å². The SMILES string of the molecule is C.CC(C)CC1=NCN=N1.CC(C)CCN1CCOCC1.CC(C)Cc1cc[n+]([O-])cc1.CC(C)Cc1ccncc1.Cc1nc(CC(C)C)cs1. The van der Waals surface area contributed by atoms with Crippen LogP contribution in [0.15, 0.2) is 69.7 Å². The number of ether oxygens (including phenoxy) is 1. The molecule has 5 heterocycles. The van der Waals surface area contributed by atoms with Crippen LogP contribution in [0.25, 0.3) is 0 Å². The number of aryl methyl sites for hydroxylation is 1. The first-order valence-corrected chi connectivity index (χ1v) is 19.8. The summed E-state index contributed by atoms with van der Waals surface area (Å²) in [5, 5.41) is 21.5. The van der Waals surface area contributed by atoms with Crippen LogP contribution in [-0.4, -0.2) is 60.2 Å². The Balaban J connectivity index is 0.000000623. The molecule has 3 aromatic heterocycles. The van der Waals surface area contributed by atoms with E-state index in [1.165, 1.54) is 47.2 Å². The standard InChI is InChI=1S/C9H13NO.C9H19NO.C9H13N.C8H13NS.C6H11N3.CH4/c1-8(2)7-9-3-5-10(11)6-4-9;1-9(2)3-4-10-5-7-11-8-6-10;1-8(2)7-9-3-5-10-6-4-9;1-6(2)4-8-5-10-7(3)9-8;1-5(2)3-6-7-4-8-9-6;/h3-6,8H,7H2,1-2H3;9H,3-8H2,1-2H3;3-6,8H,7H2,1-2H3;5-6H,4H2,1-3H3;5H,3-4H2,1-2H3;1H4. The molecule has 0 spiro atoms. The highest BCUT2D eigenvalue weighted by atomic mass is 32.1. The van der Waals surface area contributed by atoms with Crippen molar-refractivity contribution in [3.05, 3.63) is 81.5 Å². The lowest BCUT2D eigenvalue weighted by atomic mass is 10.0. The first-order chi connectivity index (χ1) is 24.2. The minimum atomic E-state index is 0. The van der Waals surface area contributed by atoms with Gasteiger partial charge in [0.15, 0.2) is 19.1 Å². The zero-order chi connectivity index (χ0) is 38.0. The number of aliphatic imine (C=N–C) groups is 1. The molecule has 10 heteroatoms. The fraction of sp³-hybridized carbons (Fsp3) is 0.667. The van der Waals surface area contributed by atoms with Gasteiger partial charge in [-0.05, 0) is 92.0 Å². The molecule has 0 aromatic carbocycles. The maximum atomic E-state index is 10.6. The highest BCUT2D eigenvalue weighted by Crippen LogP contribution is 2.12. The van der Waals surface area contributed by atoms with E-state index in [1.807, 2.05) is 24.5 Å². The Morgan fingerprint density at radius 2 is 1.31 bits per heavy atom. The molecule has 9 nitrogen and oxygen atoms in total. The smallest absolute Gasteiger partial charge is 0.180 e. The topological polar surface area (TPSA) is 102 Å². The number of rotatable bonds is 11. The summed E-state index contributed by atoms with van der Waals surface area (Å²) in [7, 11) is 0. The van der Waals surface area contributed by atoms with Crippen LogP contribution in [0.5, 0.6) is 0 Å². The van der Waals surface area contributed by atoms with Crippen LogP contribution >= 0.6 is 11.3 Å². The van der Waals surface area contributed by atoms with Crippen molar-refractivity contribution in [3.8, 4) is 0 Å². The van der Waals surface area contributed by atoms with Crippen molar-refractivity contribution in [1.29, 1.82) is 0 Å². The number of aromatic nitrogens is 3. The molecule has 2 aliphatic heterocycles. The van der Waals surface area contributed by atoms with Gasteiger partial charge >= 0.3 is 0 Å². The van der Waals surface area contributed by atoms with Gasteiger partial charge in [-0.2, -0.15) is 9.84 Å². The summed E-state index contributed by atoms with van der Waals surface area (Å²) in [6.07, 6.45) is 12.4. The lowest BCUT2D eigenvalue weighted by molar-refractivity contribution is -0.605. The first-order valence-electron chi connectivity index (χ1n) is 18.9. The van der Waals surface area contributed by atoms with Gasteiger partial charge < -0.3 is 9.94 Å². The maximum Gasteiger partial charge on any atom is 0.180 e. The van der Waals surface area contributed by atoms with Crippen molar-refractivity contribution >= 4 is 17.2 Å². The van der Waals surface area contributed by atoms with Crippen molar-refractivity contribution in [2.24, 2.45) is 44.8 Å². The Bertz CT molecular complexity index is 1320. The van der Waals surface area contributed by atoms with E-state index < -0.39 is 0 Å². The van der Waals surface area contributed by atoms with Crippen molar-refractivity contribution in [2.45, 2.75) is 116 Å². The summed E-state index contributed by atoms with van der Waals surface area (Å²) in [4.78, 5) is 14.9. The number of hydrogen-bond acceptors (Lipinski definition) is 9. The van der Waals surface area contributed by atoms with Crippen LogP contribution in [0, 0.1) is 41.7 Å². The van der Waals surface area contributed by atoms with Crippen LogP contribution < -0.4 is 4.73 Å². The number of nitrogens with zero attached hydrogens (tertiary/aromatic N) is 7. The second-order valence-corrected chi connectivity index (χ2v) is 16.3. The lowest BCUT2D eigenvalue weighted by Gasteiger charge is -2.26. The van der Waals surface area contributed by atoms with E-state index in [0.29, 0.717) is 18.5 Å². The highest BCUT2D eigenvalue weighted by Gasteiger charge is 2.09. The second-order valence-electron chi connectivity index (χ2n) is 15.3. The zero-order valence-corrected chi connectivity index (χ0v) is 34.5. The molecule has 5 rings (SSSR count). The van der Waals surface area contributed by atoms with Gasteiger partial charge in [-0.1, -0.05) is 76.7 Å². The Morgan fingerprint density at radius 3 is 1.75 bits per heavy atom. The molecule has 2 aliphatic rings. The molecular formula is C42H73N7O2S. The average molecular weight is 740 g/mol. The molecule has 0 radical (unpaired) electrons. The van der Waals surface area contributed by atoms with E-state index in [0.717, 1.165) is 80.3 Å². The molecule has 0 amide bonds. The molecule has 1 saturated heterocycles. The van der Waals surface area contributed by atoms with Gasteiger partial charge in [0.25, 0.3) is 0 Å². The van der Waals surface area contributed by atoms with Gasteiger partial charge in [-0.15, -0.1) is 16.5 Å². The molecule has 0 aliphatic carbocycles. The van der Waals surface area contributed by atoms with Crippen molar-refractivity contribution in [2.75, 3.05) is 39.5 Å². The van der Waals surface area contributed by atoms with E-state index in [9.17, 15) is 5.21 Å². The van der Waals surface area contributed by atoms with E-state index in [4.69, 9.17) is 4.74 Å². The fourth-order valence-corrected chi connectivity index (χ4v) is 5.58. The summed E-state index contributed by atoms with van der Waals surface area (Å²) in [6.45, 7) is 30.0. The predicted octanol–water partition coefficient (Wildman–Crippen LogP) is 10.3. The van der Waals surface area contributed by atoms with Crippen LogP contribution in [0.2, 0.25) is 0 Å². The molecule has 52 heavy (non-hydrogen) atoms. The van der Waals surface area contributed by atoms with Gasteiger partial charge in [0.2, 0.25) is 0 Å². The molecule has 3 aromatic rings. The van der Waals surface area contributed by atoms with E-state index >= 15 is 0 Å². The Morgan fingerprint density at radius 1 is 0.769 bits per heavy atom. The van der Waals surface area contributed by atoms with Crippen molar-refractivity contribution in [1.82, 2.24) is 14.9 Å². The van der Waals surface area contributed by atoms with Gasteiger partial charge in [0, 0.05) is 49.4 Å². The zero-order valence-electron chi connectivity index (χ0n) is 33.7. The van der Waals surface area contributed by atoms with Crippen LogP contribution in [0.3, 0.4) is 0 Å². The summed E-state index contributed by atoms with van der Waals surface area (Å²) >= 11 is 1.74. The molecular weight excluding hydrogens is 667 g/mol. The summed E-state index contributed by atoms with van der Waals surface area (Å²) in [5.41, 5.74) is 3.86. The van der Waals surface area contributed by atoms with Gasteiger partial charge in [-0.3, -0.25) is 9.88 Å². The van der Waals surface area contributed by atoms with Crippen molar-refractivity contribution < 1.29 is 9.47 Å². The normalized spacial score (nSPS) is 13.7. The highest BCUT2D eigenvalue weighted by molar-refractivity contribution is 7.09. The third kappa shape index (κ3) is 27.6. The molecule has 1 fully saturated rings. The predicted molar refractivity (Wildman–Crippen MR) is 222 cm³/mol. The van der Waals surface area contributed by atoms with Gasteiger partial charge in [0.1, 0.15) is 5.84 Å². The molecule has 0 bridgehead atoms. The second kappa shape index (κ2) is 29.4. The lowest BCUT2D eigenvalue weighted by Crippen LogP contribution is -2.37. The monoisotopic (exact) mass is 740 g/mol. The van der Waals surface area contributed by atoms with Gasteiger partial charge in [-0.25, -0.2) is 9.98 Å². The Labute approximate surface area is 322 Å². The van der Waals surface area contributed by atoms with E-state index in [2.05, 4.69) is 124 Å². The summed E-state index contributed by atoms with van der Waals surface area (Å²) < 4.78 is 6.07. The number of thiazole rings is 1. The number of pyridine rings is 2. The number of amidine groups is 1. The fourth-order valence-electron chi connectivity index (χ4n) is 4.96. The molecule has 0 atom stereocenters. The third-order valence-corrected chi connectivity index (χ3v) is 8.23. The molecule has 0 saturated carbocycles. The van der Waals surface area contributed by atoms with E-state index in [-0.39, 0.29) is 7.43 Å². The molecule has 0 unspecified atom stereocenters. The first kappa shape index (κ1) is 48.9. The van der Waals surface area contributed by atoms with Crippen LogP contribution in [-0.2, 0) is 24.0 Å². The largest absolute Gasteiger partial charge is 0.619 e. The Hall–Kier alpha value is -3.08. The molecule has 294 valence electrons. The molecule has 0 N–H and O–H groups in total.